The van der Waals surface area contributed by atoms with E-state index in [1.807, 2.05) is 12.1 Å². The van der Waals surface area contributed by atoms with Crippen LogP contribution in [0.1, 0.15) is 31.9 Å². The zero-order chi connectivity index (χ0) is 15.2. The second-order valence-electron chi connectivity index (χ2n) is 5.88. The lowest BCUT2D eigenvalue weighted by Crippen LogP contribution is -2.45. The first-order chi connectivity index (χ1) is 10.1. The van der Waals surface area contributed by atoms with Gasteiger partial charge in [0.15, 0.2) is 0 Å². The molecule has 1 aromatic rings. The maximum Gasteiger partial charge on any atom is 0.387 e. The van der Waals surface area contributed by atoms with E-state index in [2.05, 4.69) is 28.8 Å². The predicted molar refractivity (Wildman–Crippen MR) is 87.0 cm³/mol. The van der Waals surface area contributed by atoms with E-state index in [1.54, 1.807) is 12.1 Å². The van der Waals surface area contributed by atoms with Gasteiger partial charge in [0.05, 0.1) is 0 Å². The van der Waals surface area contributed by atoms with Gasteiger partial charge >= 0.3 is 6.61 Å². The molecule has 6 heteroatoms. The lowest BCUT2D eigenvalue weighted by molar-refractivity contribution is -0.0498. The molecule has 0 amide bonds. The van der Waals surface area contributed by atoms with Crippen LogP contribution in [0.3, 0.4) is 0 Å². The summed E-state index contributed by atoms with van der Waals surface area (Å²) in [6, 6.07) is 7.43. The first kappa shape index (κ1) is 19.1. The van der Waals surface area contributed by atoms with E-state index >= 15 is 0 Å². The Hall–Kier alpha value is -0.910. The van der Waals surface area contributed by atoms with Crippen LogP contribution in [0.25, 0.3) is 0 Å². The summed E-state index contributed by atoms with van der Waals surface area (Å²) in [5.41, 5.74) is 1.17. The normalized spacial score (nSPS) is 17.4. The lowest BCUT2D eigenvalue weighted by Gasteiger charge is -2.36. The molecule has 1 aliphatic rings. The summed E-state index contributed by atoms with van der Waals surface area (Å²) in [6.45, 7) is 5.70. The minimum atomic E-state index is -2.77. The number of hydrogen-bond donors (Lipinski definition) is 1. The average Bonchev–Trinajstić information content (AvgIpc) is 2.46. The molecule has 0 bridgehead atoms. The van der Waals surface area contributed by atoms with E-state index in [4.69, 9.17) is 0 Å². The Morgan fingerprint density at radius 1 is 1.14 bits per heavy atom. The van der Waals surface area contributed by atoms with Crippen LogP contribution in [-0.4, -0.2) is 37.7 Å². The van der Waals surface area contributed by atoms with Crippen LogP contribution < -0.4 is 10.1 Å². The van der Waals surface area contributed by atoms with Gasteiger partial charge in [-0.05, 0) is 30.0 Å². The summed E-state index contributed by atoms with van der Waals surface area (Å²) in [6.07, 6.45) is 1.06. The predicted octanol–water partition coefficient (Wildman–Crippen LogP) is 3.70. The number of benzene rings is 1. The van der Waals surface area contributed by atoms with Crippen LogP contribution >= 0.6 is 12.4 Å². The van der Waals surface area contributed by atoms with Crippen molar-refractivity contribution in [2.75, 3.05) is 26.2 Å². The maximum atomic E-state index is 12.2. The highest BCUT2D eigenvalue weighted by molar-refractivity contribution is 5.85. The van der Waals surface area contributed by atoms with Crippen molar-refractivity contribution in [3.63, 3.8) is 0 Å². The van der Waals surface area contributed by atoms with Gasteiger partial charge in [0.1, 0.15) is 5.75 Å². The summed E-state index contributed by atoms with van der Waals surface area (Å²) < 4.78 is 28.8. The third kappa shape index (κ3) is 5.71. The number of hydrogen-bond acceptors (Lipinski definition) is 3. The standard InChI is InChI=1S/C16H24F2N2O.ClH/c1-12(2)11-15(20-9-7-19-8-10-20)13-3-5-14(6-4-13)21-16(17)18;/h3-6,12,15-16,19H,7-11H2,1-2H3;1H/t15-;/m0./s1. The van der Waals surface area contributed by atoms with Crippen molar-refractivity contribution in [3.05, 3.63) is 29.8 Å². The number of nitrogens with zero attached hydrogens (tertiary/aromatic N) is 1. The fourth-order valence-electron chi connectivity index (χ4n) is 2.81. The van der Waals surface area contributed by atoms with E-state index in [1.165, 1.54) is 5.56 Å². The zero-order valence-corrected chi connectivity index (χ0v) is 13.9. The third-order valence-electron chi connectivity index (χ3n) is 3.78. The second-order valence-corrected chi connectivity index (χ2v) is 5.88. The van der Waals surface area contributed by atoms with Crippen molar-refractivity contribution in [2.45, 2.75) is 32.9 Å². The van der Waals surface area contributed by atoms with Gasteiger partial charge in [-0.15, -0.1) is 12.4 Å². The van der Waals surface area contributed by atoms with Crippen LogP contribution in [-0.2, 0) is 0 Å². The van der Waals surface area contributed by atoms with E-state index in [9.17, 15) is 8.78 Å². The highest BCUT2D eigenvalue weighted by atomic mass is 35.5. The van der Waals surface area contributed by atoms with Gasteiger partial charge in [-0.1, -0.05) is 26.0 Å². The fraction of sp³-hybridized carbons (Fsp3) is 0.625. The molecule has 0 spiro atoms. The highest BCUT2D eigenvalue weighted by Gasteiger charge is 2.23. The first-order valence-electron chi connectivity index (χ1n) is 7.56. The Labute approximate surface area is 137 Å². The minimum Gasteiger partial charge on any atom is -0.435 e. The molecule has 1 fully saturated rings. The van der Waals surface area contributed by atoms with Crippen LogP contribution in [0.2, 0.25) is 0 Å². The van der Waals surface area contributed by atoms with Crippen molar-refractivity contribution >= 4 is 12.4 Å². The van der Waals surface area contributed by atoms with Crippen molar-refractivity contribution < 1.29 is 13.5 Å². The third-order valence-corrected chi connectivity index (χ3v) is 3.78. The van der Waals surface area contributed by atoms with Gasteiger partial charge in [-0.25, -0.2) is 0 Å². The monoisotopic (exact) mass is 334 g/mol. The summed E-state index contributed by atoms with van der Waals surface area (Å²) >= 11 is 0. The molecule has 1 heterocycles. The summed E-state index contributed by atoms with van der Waals surface area (Å²) in [5, 5.41) is 3.36. The number of halogens is 3. The number of nitrogens with one attached hydrogen (secondary N) is 1. The average molecular weight is 335 g/mol. The molecule has 0 unspecified atom stereocenters. The molecular formula is C16H25ClF2N2O. The van der Waals surface area contributed by atoms with Gasteiger partial charge in [0, 0.05) is 32.2 Å². The Kier molecular flexibility index (Phi) is 8.07. The van der Waals surface area contributed by atoms with E-state index in [0.29, 0.717) is 12.0 Å². The lowest BCUT2D eigenvalue weighted by atomic mass is 9.95. The molecular weight excluding hydrogens is 310 g/mol. The van der Waals surface area contributed by atoms with Gasteiger partial charge in [0.2, 0.25) is 0 Å². The molecule has 3 nitrogen and oxygen atoms in total. The SMILES string of the molecule is CC(C)C[C@@H](c1ccc(OC(F)F)cc1)N1CCNCC1.Cl. The zero-order valence-electron chi connectivity index (χ0n) is 13.1. The molecule has 126 valence electrons. The maximum absolute atomic E-state index is 12.2. The van der Waals surface area contributed by atoms with Crippen LogP contribution in [0, 0.1) is 5.92 Å². The van der Waals surface area contributed by atoms with Crippen molar-refractivity contribution in [3.8, 4) is 5.75 Å². The summed E-state index contributed by atoms with van der Waals surface area (Å²) in [7, 11) is 0. The van der Waals surface area contributed by atoms with Gasteiger partial charge in [-0.3, -0.25) is 4.90 Å². The van der Waals surface area contributed by atoms with Gasteiger partial charge in [-0.2, -0.15) is 8.78 Å². The van der Waals surface area contributed by atoms with Gasteiger partial charge < -0.3 is 10.1 Å². The molecule has 1 aliphatic heterocycles. The molecule has 0 aliphatic carbocycles. The van der Waals surface area contributed by atoms with Crippen molar-refractivity contribution in [1.82, 2.24) is 10.2 Å². The summed E-state index contributed by atoms with van der Waals surface area (Å²) in [4.78, 5) is 2.47. The van der Waals surface area contributed by atoms with E-state index in [0.717, 1.165) is 32.6 Å². The number of piperazine rings is 1. The fourth-order valence-corrected chi connectivity index (χ4v) is 2.81. The Balaban J connectivity index is 0.00000242. The molecule has 1 N–H and O–H groups in total. The summed E-state index contributed by atoms with van der Waals surface area (Å²) in [5.74, 6) is 0.805. The quantitative estimate of drug-likeness (QED) is 0.858. The largest absolute Gasteiger partial charge is 0.435 e. The van der Waals surface area contributed by atoms with Gasteiger partial charge in [0.25, 0.3) is 0 Å². The minimum absolute atomic E-state index is 0. The number of alkyl halides is 2. The first-order valence-corrected chi connectivity index (χ1v) is 7.56. The van der Waals surface area contributed by atoms with Crippen LogP contribution in [0.15, 0.2) is 24.3 Å². The molecule has 1 atom stereocenters. The van der Waals surface area contributed by atoms with E-state index in [-0.39, 0.29) is 18.2 Å². The highest BCUT2D eigenvalue weighted by Crippen LogP contribution is 2.29. The van der Waals surface area contributed by atoms with Crippen molar-refractivity contribution in [1.29, 1.82) is 0 Å². The molecule has 2 rings (SSSR count). The molecule has 1 aromatic carbocycles. The molecule has 1 saturated heterocycles. The van der Waals surface area contributed by atoms with E-state index < -0.39 is 6.61 Å². The molecule has 22 heavy (non-hydrogen) atoms. The number of rotatable bonds is 6. The number of ether oxygens (including phenoxy) is 1. The smallest absolute Gasteiger partial charge is 0.387 e. The molecule has 0 saturated carbocycles. The molecule has 0 aromatic heterocycles. The second kappa shape index (κ2) is 9.28. The topological polar surface area (TPSA) is 24.5 Å². The molecule has 0 radical (unpaired) electrons. The van der Waals surface area contributed by atoms with Crippen molar-refractivity contribution in [2.24, 2.45) is 5.92 Å². The van der Waals surface area contributed by atoms with Crippen LogP contribution in [0.5, 0.6) is 5.75 Å². The Morgan fingerprint density at radius 3 is 2.23 bits per heavy atom. The Morgan fingerprint density at radius 2 is 1.73 bits per heavy atom. The van der Waals surface area contributed by atoms with Crippen LogP contribution in [0.4, 0.5) is 8.78 Å². The Bertz CT molecular complexity index is 423.